The van der Waals surface area contributed by atoms with Gasteiger partial charge in [0.15, 0.2) is 5.69 Å². The zero-order chi connectivity index (χ0) is 19.6. The molecule has 1 amide bonds. The van der Waals surface area contributed by atoms with Crippen LogP contribution in [0.4, 0.5) is 0 Å². The summed E-state index contributed by atoms with van der Waals surface area (Å²) < 4.78 is 4.14. The predicted octanol–water partition coefficient (Wildman–Crippen LogP) is 3.14. The number of likely N-dealkylation sites (N-methyl/N-ethyl adjacent to an activating group) is 1. The molecule has 0 aliphatic carbocycles. The fourth-order valence-corrected chi connectivity index (χ4v) is 2.88. The number of rotatable bonds is 7. The Bertz CT molecular complexity index is 922. The maximum Gasteiger partial charge on any atom is 0.272 e. The average Bonchev–Trinajstić information content (AvgIpc) is 3.24. The summed E-state index contributed by atoms with van der Waals surface area (Å²) in [6, 6.07) is 7.98. The van der Waals surface area contributed by atoms with Gasteiger partial charge in [-0.25, -0.2) is 4.98 Å². The molecule has 1 atom stereocenters. The van der Waals surface area contributed by atoms with Gasteiger partial charge in [-0.3, -0.25) is 9.20 Å². The molecule has 0 aliphatic heterocycles. The molecule has 1 unspecified atom stereocenters. The monoisotopic (exact) mass is 367 g/mol. The Morgan fingerprint density at radius 3 is 2.67 bits per heavy atom. The topological polar surface area (TPSA) is 54.6 Å². The first kappa shape index (κ1) is 19.2. The third-order valence-electron chi connectivity index (χ3n) is 4.94. The third-order valence-corrected chi connectivity index (χ3v) is 4.94. The van der Waals surface area contributed by atoms with Gasteiger partial charge in [-0.15, -0.1) is 0 Å². The largest absolute Gasteiger partial charge is 0.352 e. The molecular formula is C21H29N5O. The van der Waals surface area contributed by atoms with Crippen molar-refractivity contribution in [1.29, 1.82) is 0 Å². The quantitative estimate of drug-likeness (QED) is 0.698. The fraction of sp³-hybridized carbons (Fsp3) is 0.429. The molecule has 3 rings (SSSR count). The first-order chi connectivity index (χ1) is 12.9. The van der Waals surface area contributed by atoms with Crippen LogP contribution in [0.15, 0.2) is 42.9 Å². The highest BCUT2D eigenvalue weighted by Crippen LogP contribution is 2.23. The van der Waals surface area contributed by atoms with E-state index in [0.717, 1.165) is 30.0 Å². The van der Waals surface area contributed by atoms with E-state index in [1.807, 2.05) is 35.7 Å². The second kappa shape index (κ2) is 7.96. The van der Waals surface area contributed by atoms with Gasteiger partial charge < -0.3 is 14.8 Å². The number of carbonyl (C=O) groups is 1. The van der Waals surface area contributed by atoms with Gasteiger partial charge >= 0.3 is 0 Å². The fourth-order valence-electron chi connectivity index (χ4n) is 2.88. The first-order valence-corrected chi connectivity index (χ1v) is 9.45. The van der Waals surface area contributed by atoms with Crippen molar-refractivity contribution >= 4 is 11.4 Å². The lowest BCUT2D eigenvalue weighted by Gasteiger charge is -2.16. The molecule has 0 saturated heterocycles. The minimum absolute atomic E-state index is 0.0912. The molecule has 3 aromatic rings. The number of fused-ring (bicyclic) bond motifs is 1. The lowest BCUT2D eigenvalue weighted by Crippen LogP contribution is -2.36. The summed E-state index contributed by atoms with van der Waals surface area (Å²) in [6.07, 6.45) is 6.10. The molecule has 0 radical (unpaired) electrons. The Kier molecular flexibility index (Phi) is 5.65. The van der Waals surface area contributed by atoms with Gasteiger partial charge in [0, 0.05) is 43.3 Å². The molecule has 27 heavy (non-hydrogen) atoms. The van der Waals surface area contributed by atoms with Gasteiger partial charge in [-0.05, 0) is 45.1 Å². The van der Waals surface area contributed by atoms with Crippen molar-refractivity contribution in [2.24, 2.45) is 5.92 Å². The number of nitrogens with zero attached hydrogens (tertiary/aromatic N) is 4. The van der Waals surface area contributed by atoms with Crippen molar-refractivity contribution in [2.45, 2.75) is 33.4 Å². The van der Waals surface area contributed by atoms with E-state index in [0.29, 0.717) is 11.6 Å². The van der Waals surface area contributed by atoms with Crippen LogP contribution in [0.3, 0.4) is 0 Å². The predicted molar refractivity (Wildman–Crippen MR) is 109 cm³/mol. The van der Waals surface area contributed by atoms with Gasteiger partial charge in [0.05, 0.1) is 5.52 Å². The van der Waals surface area contributed by atoms with Gasteiger partial charge in [0.25, 0.3) is 5.91 Å². The number of nitrogens with one attached hydrogen (secondary N) is 1. The smallest absolute Gasteiger partial charge is 0.272 e. The van der Waals surface area contributed by atoms with Crippen molar-refractivity contribution in [3.63, 3.8) is 0 Å². The van der Waals surface area contributed by atoms with E-state index in [2.05, 4.69) is 61.2 Å². The van der Waals surface area contributed by atoms with Crippen molar-refractivity contribution in [3.05, 3.63) is 48.5 Å². The van der Waals surface area contributed by atoms with Gasteiger partial charge in [0.2, 0.25) is 0 Å². The van der Waals surface area contributed by atoms with E-state index in [9.17, 15) is 4.79 Å². The van der Waals surface area contributed by atoms with Crippen LogP contribution >= 0.6 is 0 Å². The van der Waals surface area contributed by atoms with Gasteiger partial charge in [0.1, 0.15) is 5.82 Å². The first-order valence-electron chi connectivity index (χ1n) is 9.45. The molecule has 0 fully saturated rings. The Labute approximate surface area is 160 Å². The highest BCUT2D eigenvalue weighted by Gasteiger charge is 2.20. The lowest BCUT2D eigenvalue weighted by atomic mass is 10.1. The van der Waals surface area contributed by atoms with Crippen LogP contribution in [0.5, 0.6) is 0 Å². The zero-order valence-electron chi connectivity index (χ0n) is 16.8. The van der Waals surface area contributed by atoms with Crippen molar-refractivity contribution in [2.75, 3.05) is 20.6 Å². The highest BCUT2D eigenvalue weighted by molar-refractivity contribution is 6.00. The standard InChI is InChI=1S/C21H29N5O/c1-15(2)16(3)22-21(27)19-18-8-6-7-10-26(18)20(23-19)17-9-11-25(14-17)13-12-24(4)5/h6-11,14-16H,12-13H2,1-5H3,(H,22,27). The van der Waals surface area contributed by atoms with Crippen LogP contribution < -0.4 is 5.32 Å². The van der Waals surface area contributed by atoms with Crippen LogP contribution in [0.2, 0.25) is 0 Å². The Balaban J connectivity index is 1.94. The highest BCUT2D eigenvalue weighted by atomic mass is 16.2. The third kappa shape index (κ3) is 4.22. The molecule has 144 valence electrons. The number of amides is 1. The average molecular weight is 367 g/mol. The van der Waals surface area contributed by atoms with Crippen molar-refractivity contribution < 1.29 is 4.79 Å². The normalized spacial score (nSPS) is 12.9. The van der Waals surface area contributed by atoms with Crippen LogP contribution in [0.25, 0.3) is 16.9 Å². The van der Waals surface area contributed by atoms with E-state index in [-0.39, 0.29) is 11.9 Å². The molecule has 0 aliphatic rings. The number of hydrogen-bond donors (Lipinski definition) is 1. The summed E-state index contributed by atoms with van der Waals surface area (Å²) in [5.74, 6) is 1.03. The molecule has 6 heteroatoms. The molecule has 0 aromatic carbocycles. The molecule has 3 aromatic heterocycles. The summed E-state index contributed by atoms with van der Waals surface area (Å²) in [6.45, 7) is 8.09. The Hall–Kier alpha value is -2.60. The van der Waals surface area contributed by atoms with Crippen LogP contribution in [0.1, 0.15) is 31.3 Å². The van der Waals surface area contributed by atoms with Crippen LogP contribution in [0, 0.1) is 5.92 Å². The molecule has 6 nitrogen and oxygen atoms in total. The zero-order valence-corrected chi connectivity index (χ0v) is 16.8. The molecule has 1 N–H and O–H groups in total. The van der Waals surface area contributed by atoms with E-state index >= 15 is 0 Å². The summed E-state index contributed by atoms with van der Waals surface area (Å²) in [5, 5.41) is 3.07. The number of aromatic nitrogens is 3. The second-order valence-electron chi connectivity index (χ2n) is 7.69. The minimum atomic E-state index is -0.127. The number of pyridine rings is 1. The molecular weight excluding hydrogens is 338 g/mol. The Morgan fingerprint density at radius 1 is 1.19 bits per heavy atom. The van der Waals surface area contributed by atoms with E-state index in [4.69, 9.17) is 4.98 Å². The second-order valence-corrected chi connectivity index (χ2v) is 7.69. The van der Waals surface area contributed by atoms with E-state index in [1.54, 1.807) is 0 Å². The molecule has 0 bridgehead atoms. The van der Waals surface area contributed by atoms with E-state index in [1.165, 1.54) is 0 Å². The maximum absolute atomic E-state index is 12.8. The Morgan fingerprint density at radius 2 is 1.96 bits per heavy atom. The van der Waals surface area contributed by atoms with E-state index < -0.39 is 0 Å². The van der Waals surface area contributed by atoms with Crippen LogP contribution in [-0.2, 0) is 6.54 Å². The number of imidazole rings is 1. The van der Waals surface area contributed by atoms with Crippen molar-refractivity contribution in [1.82, 2.24) is 24.2 Å². The molecule has 3 heterocycles. The number of hydrogen-bond acceptors (Lipinski definition) is 3. The lowest BCUT2D eigenvalue weighted by molar-refractivity contribution is 0.0927. The number of carbonyl (C=O) groups excluding carboxylic acids is 1. The van der Waals surface area contributed by atoms with Crippen LogP contribution in [-0.4, -0.2) is 51.4 Å². The summed E-state index contributed by atoms with van der Waals surface area (Å²) >= 11 is 0. The summed E-state index contributed by atoms with van der Waals surface area (Å²) in [7, 11) is 4.13. The van der Waals surface area contributed by atoms with Gasteiger partial charge in [-0.1, -0.05) is 19.9 Å². The minimum Gasteiger partial charge on any atom is -0.352 e. The molecule has 0 spiro atoms. The molecule has 0 saturated carbocycles. The maximum atomic E-state index is 12.8. The van der Waals surface area contributed by atoms with Gasteiger partial charge in [-0.2, -0.15) is 0 Å². The SMILES string of the molecule is CC(C)C(C)NC(=O)c1nc(-c2ccn(CCN(C)C)c2)n2ccccc12. The summed E-state index contributed by atoms with van der Waals surface area (Å²) in [5.41, 5.74) is 2.30. The summed E-state index contributed by atoms with van der Waals surface area (Å²) in [4.78, 5) is 19.7. The van der Waals surface area contributed by atoms with Crippen molar-refractivity contribution in [3.8, 4) is 11.4 Å².